The van der Waals surface area contributed by atoms with Crippen LogP contribution in [0.4, 0.5) is 0 Å². The number of carbonyl (C=O) groups is 2. The number of hydrogen-bond acceptors (Lipinski definition) is 3. The minimum atomic E-state index is -0.415. The summed E-state index contributed by atoms with van der Waals surface area (Å²) in [5, 5.41) is 3.98. The first kappa shape index (κ1) is 26.6. The molecule has 1 unspecified atom stereocenters. The second-order valence-corrected chi connectivity index (χ2v) is 10.6. The van der Waals surface area contributed by atoms with E-state index in [0.29, 0.717) is 19.4 Å². The summed E-state index contributed by atoms with van der Waals surface area (Å²) in [4.78, 5) is 29.5. The Balaban J connectivity index is 1.59. The first-order valence-corrected chi connectivity index (χ1v) is 13.9. The molecule has 6 heteroatoms. The van der Waals surface area contributed by atoms with Crippen LogP contribution in [-0.4, -0.2) is 41.1 Å². The molecular weight excluding hydrogens is 464 g/mol. The SMILES string of the molecule is CCC(C(=O)NC1CCCCC1)N(CCc1ccccc1)C(=O)CCCSc1ccc(Cl)cc1. The minimum absolute atomic E-state index is 0.00588. The van der Waals surface area contributed by atoms with Crippen molar-refractivity contribution in [3.05, 3.63) is 65.2 Å². The monoisotopic (exact) mass is 500 g/mol. The van der Waals surface area contributed by atoms with Crippen molar-refractivity contribution in [1.29, 1.82) is 0 Å². The number of nitrogens with one attached hydrogen (secondary N) is 1. The maximum Gasteiger partial charge on any atom is 0.243 e. The number of thioether (sulfide) groups is 1. The summed E-state index contributed by atoms with van der Waals surface area (Å²) >= 11 is 7.69. The first-order valence-electron chi connectivity index (χ1n) is 12.6. The van der Waals surface area contributed by atoms with E-state index < -0.39 is 6.04 Å². The molecule has 2 aromatic rings. The molecule has 2 amide bonds. The second-order valence-electron chi connectivity index (χ2n) is 9.00. The molecule has 1 fully saturated rings. The Bertz CT molecular complexity index is 885. The number of hydrogen-bond donors (Lipinski definition) is 1. The van der Waals surface area contributed by atoms with E-state index in [1.807, 2.05) is 54.3 Å². The summed E-state index contributed by atoms with van der Waals surface area (Å²) in [6, 6.07) is 17.8. The average molecular weight is 501 g/mol. The summed E-state index contributed by atoms with van der Waals surface area (Å²) in [7, 11) is 0. The van der Waals surface area contributed by atoms with Crippen molar-refractivity contribution < 1.29 is 9.59 Å². The third-order valence-electron chi connectivity index (χ3n) is 6.44. The van der Waals surface area contributed by atoms with Gasteiger partial charge in [0.25, 0.3) is 0 Å². The quantitative estimate of drug-likeness (QED) is 0.267. The Morgan fingerprint density at radius 1 is 1.06 bits per heavy atom. The fourth-order valence-corrected chi connectivity index (χ4v) is 5.51. The highest BCUT2D eigenvalue weighted by Gasteiger charge is 2.29. The van der Waals surface area contributed by atoms with Crippen LogP contribution in [0.2, 0.25) is 5.02 Å². The number of benzene rings is 2. The third kappa shape index (κ3) is 8.66. The largest absolute Gasteiger partial charge is 0.352 e. The van der Waals surface area contributed by atoms with Crippen LogP contribution < -0.4 is 5.32 Å². The van der Waals surface area contributed by atoms with E-state index in [1.54, 1.807) is 11.8 Å². The smallest absolute Gasteiger partial charge is 0.243 e. The Morgan fingerprint density at radius 3 is 2.44 bits per heavy atom. The predicted octanol–water partition coefficient (Wildman–Crippen LogP) is 6.51. The molecular formula is C28H37ClN2O2S. The molecule has 0 aliphatic heterocycles. The molecule has 1 saturated carbocycles. The molecule has 2 aromatic carbocycles. The molecule has 4 nitrogen and oxygen atoms in total. The van der Waals surface area contributed by atoms with Gasteiger partial charge in [-0.15, -0.1) is 11.8 Å². The number of carbonyl (C=O) groups excluding carboxylic acids is 2. The van der Waals surface area contributed by atoms with Gasteiger partial charge < -0.3 is 10.2 Å². The number of nitrogens with zero attached hydrogens (tertiary/aromatic N) is 1. The van der Waals surface area contributed by atoms with E-state index in [2.05, 4.69) is 17.4 Å². The van der Waals surface area contributed by atoms with Gasteiger partial charge in [0.05, 0.1) is 0 Å². The van der Waals surface area contributed by atoms with E-state index in [-0.39, 0.29) is 17.9 Å². The van der Waals surface area contributed by atoms with E-state index >= 15 is 0 Å². The van der Waals surface area contributed by atoms with E-state index in [4.69, 9.17) is 11.6 Å². The van der Waals surface area contributed by atoms with Crippen LogP contribution in [0.25, 0.3) is 0 Å². The van der Waals surface area contributed by atoms with Crippen LogP contribution in [0, 0.1) is 0 Å². The Kier molecular flexibility index (Phi) is 11.3. The second kappa shape index (κ2) is 14.4. The van der Waals surface area contributed by atoms with Gasteiger partial charge in [-0.3, -0.25) is 9.59 Å². The summed E-state index contributed by atoms with van der Waals surface area (Å²) in [6.07, 6.45) is 8.27. The molecule has 0 saturated heterocycles. The van der Waals surface area contributed by atoms with Crippen molar-refractivity contribution in [2.24, 2.45) is 0 Å². The lowest BCUT2D eigenvalue weighted by Crippen LogP contribution is -2.52. The van der Waals surface area contributed by atoms with E-state index in [1.165, 1.54) is 24.8 Å². The Labute approximate surface area is 213 Å². The molecule has 1 aliphatic rings. The zero-order chi connectivity index (χ0) is 24.2. The Morgan fingerprint density at radius 2 is 1.76 bits per heavy atom. The molecule has 1 atom stereocenters. The summed E-state index contributed by atoms with van der Waals surface area (Å²) < 4.78 is 0. The van der Waals surface area contributed by atoms with Crippen molar-refractivity contribution in [2.75, 3.05) is 12.3 Å². The van der Waals surface area contributed by atoms with Gasteiger partial charge >= 0.3 is 0 Å². The molecule has 0 aromatic heterocycles. The number of rotatable bonds is 12. The lowest BCUT2D eigenvalue weighted by atomic mass is 9.95. The molecule has 3 rings (SSSR count). The highest BCUT2D eigenvalue weighted by atomic mass is 35.5. The molecule has 184 valence electrons. The van der Waals surface area contributed by atoms with Gasteiger partial charge in [-0.1, -0.05) is 68.1 Å². The predicted molar refractivity (Wildman–Crippen MR) is 142 cm³/mol. The lowest BCUT2D eigenvalue weighted by molar-refractivity contribution is -0.141. The number of amides is 2. The van der Waals surface area contributed by atoms with Gasteiger partial charge in [0.2, 0.25) is 11.8 Å². The third-order valence-corrected chi connectivity index (χ3v) is 7.79. The van der Waals surface area contributed by atoms with Gasteiger partial charge in [-0.25, -0.2) is 0 Å². The van der Waals surface area contributed by atoms with Crippen molar-refractivity contribution in [1.82, 2.24) is 10.2 Å². The molecule has 34 heavy (non-hydrogen) atoms. The maximum atomic E-state index is 13.3. The molecule has 0 spiro atoms. The van der Waals surface area contributed by atoms with Gasteiger partial charge in [0.1, 0.15) is 6.04 Å². The van der Waals surface area contributed by atoms with Crippen molar-refractivity contribution >= 4 is 35.2 Å². The average Bonchev–Trinajstić information content (AvgIpc) is 2.86. The molecule has 1 aliphatic carbocycles. The van der Waals surface area contributed by atoms with Gasteiger partial charge in [-0.2, -0.15) is 0 Å². The summed E-state index contributed by atoms with van der Waals surface area (Å²) in [6.45, 7) is 2.56. The highest BCUT2D eigenvalue weighted by molar-refractivity contribution is 7.99. The van der Waals surface area contributed by atoms with Crippen LogP contribution in [-0.2, 0) is 16.0 Å². The van der Waals surface area contributed by atoms with Crippen LogP contribution in [0.1, 0.15) is 63.9 Å². The van der Waals surface area contributed by atoms with Crippen LogP contribution in [0.15, 0.2) is 59.5 Å². The van der Waals surface area contributed by atoms with Crippen molar-refractivity contribution in [3.8, 4) is 0 Å². The van der Waals surface area contributed by atoms with Crippen LogP contribution >= 0.6 is 23.4 Å². The van der Waals surface area contributed by atoms with E-state index in [0.717, 1.165) is 41.4 Å². The molecule has 1 N–H and O–H groups in total. The van der Waals surface area contributed by atoms with Crippen molar-refractivity contribution in [2.45, 2.75) is 81.7 Å². The van der Waals surface area contributed by atoms with Gasteiger partial charge in [0, 0.05) is 28.9 Å². The standard InChI is InChI=1S/C28H37ClN2O2S/c1-2-26(28(33)30-24-12-7-4-8-13-24)31(20-19-22-10-5-3-6-11-22)27(32)14-9-21-34-25-17-15-23(29)16-18-25/h3,5-6,10-11,15-18,24,26H,2,4,7-9,12-14,19-21H2,1H3,(H,30,33). The summed E-state index contributed by atoms with van der Waals surface area (Å²) in [5.74, 6) is 0.926. The van der Waals surface area contributed by atoms with E-state index in [9.17, 15) is 9.59 Å². The van der Waals surface area contributed by atoms with Gasteiger partial charge in [0.15, 0.2) is 0 Å². The molecule has 0 radical (unpaired) electrons. The zero-order valence-electron chi connectivity index (χ0n) is 20.2. The molecule has 0 bridgehead atoms. The fraction of sp³-hybridized carbons (Fsp3) is 0.500. The first-order chi connectivity index (χ1) is 16.6. The van der Waals surface area contributed by atoms with Crippen LogP contribution in [0.5, 0.6) is 0 Å². The van der Waals surface area contributed by atoms with Crippen molar-refractivity contribution in [3.63, 3.8) is 0 Å². The topological polar surface area (TPSA) is 49.4 Å². The lowest BCUT2D eigenvalue weighted by Gasteiger charge is -2.33. The summed E-state index contributed by atoms with van der Waals surface area (Å²) in [5.41, 5.74) is 1.18. The fourth-order valence-electron chi connectivity index (χ4n) is 4.53. The number of halogens is 1. The zero-order valence-corrected chi connectivity index (χ0v) is 21.8. The Hall–Kier alpha value is -1.98. The van der Waals surface area contributed by atoms with Crippen LogP contribution in [0.3, 0.4) is 0 Å². The molecule has 0 heterocycles. The van der Waals surface area contributed by atoms with Gasteiger partial charge in [-0.05, 0) is 67.7 Å². The maximum absolute atomic E-state index is 13.3. The highest BCUT2D eigenvalue weighted by Crippen LogP contribution is 2.22. The normalized spacial score (nSPS) is 15.0. The minimum Gasteiger partial charge on any atom is -0.352 e.